The minimum atomic E-state index is 1.09. The van der Waals surface area contributed by atoms with Crippen molar-refractivity contribution in [2.45, 2.75) is 0 Å². The average Bonchev–Trinajstić information content (AvgIpc) is 4.17. The molecule has 14 aromatic rings. The minimum absolute atomic E-state index is 1.09. The van der Waals surface area contributed by atoms with Gasteiger partial charge in [0, 0.05) is 43.9 Å². The normalized spacial score (nSPS) is 12.0. The average molecular weight is 913 g/mol. The monoisotopic (exact) mass is 912 g/mol. The molecule has 0 atom stereocenters. The van der Waals surface area contributed by atoms with Crippen molar-refractivity contribution < 1.29 is 0 Å². The molecule has 0 fully saturated rings. The van der Waals surface area contributed by atoms with E-state index in [0.29, 0.717) is 0 Å². The number of fused-ring (bicyclic) bond motifs is 15. The summed E-state index contributed by atoms with van der Waals surface area (Å²) in [5.41, 5.74) is 22.5. The molecule has 0 amide bonds. The van der Waals surface area contributed by atoms with Gasteiger partial charge >= 0.3 is 0 Å². The molecule has 0 saturated carbocycles. The van der Waals surface area contributed by atoms with Crippen LogP contribution in [0.4, 0.5) is 0 Å². The van der Waals surface area contributed by atoms with Crippen LogP contribution in [0.1, 0.15) is 11.1 Å². The molecule has 2 aromatic heterocycles. The quantitative estimate of drug-likeness (QED) is 0.163. The molecule has 0 bridgehead atoms. The lowest BCUT2D eigenvalue weighted by molar-refractivity contribution is 1.18. The first kappa shape index (κ1) is 40.4. The topological polar surface area (TPSA) is 9.86 Å². The Morgan fingerprint density at radius 3 is 1.61 bits per heavy atom. The van der Waals surface area contributed by atoms with Crippen molar-refractivity contribution in [1.82, 2.24) is 9.13 Å². The van der Waals surface area contributed by atoms with Gasteiger partial charge in [-0.05, 0) is 125 Å². The SMILES string of the molecule is C=Cc1ccc(-c2ccccc2-n2c3ccccc3c3ccc4c(c32)-c2cccc3cccc-4c23)cc1C=C.c1ccc2cc(-n3c4ccccc4c4c5c(ccc43)-c3cccc4cccc-5c34)ccc2c1. The summed E-state index contributed by atoms with van der Waals surface area (Å²) in [5, 5.41) is 13.1. The zero-order chi connectivity index (χ0) is 47.6. The lowest BCUT2D eigenvalue weighted by Gasteiger charge is -2.17. The van der Waals surface area contributed by atoms with Crippen LogP contribution >= 0.6 is 0 Å². The van der Waals surface area contributed by atoms with Gasteiger partial charge in [0.05, 0.1) is 27.8 Å². The predicted molar refractivity (Wildman–Crippen MR) is 309 cm³/mol. The van der Waals surface area contributed by atoms with E-state index in [1.807, 2.05) is 12.2 Å². The van der Waals surface area contributed by atoms with Crippen molar-refractivity contribution in [2.24, 2.45) is 0 Å². The molecule has 12 aromatic carbocycles. The molecule has 0 saturated heterocycles. The van der Waals surface area contributed by atoms with Gasteiger partial charge in [-0.3, -0.25) is 0 Å². The van der Waals surface area contributed by atoms with E-state index in [2.05, 4.69) is 253 Å². The Labute approximate surface area is 416 Å². The van der Waals surface area contributed by atoms with Crippen LogP contribution in [-0.2, 0) is 0 Å². The number of aromatic nitrogens is 2. The second-order valence-electron chi connectivity index (χ2n) is 19.2. The summed E-state index contributed by atoms with van der Waals surface area (Å²) in [6.07, 6.45) is 3.80. The number of rotatable bonds is 5. The number of nitrogens with zero attached hydrogens (tertiary/aromatic N) is 2. The molecule has 0 unspecified atom stereocenters. The number of para-hydroxylation sites is 3. The van der Waals surface area contributed by atoms with Gasteiger partial charge < -0.3 is 9.13 Å². The number of hydrogen-bond acceptors (Lipinski definition) is 0. The smallest absolute Gasteiger partial charge is 0.0626 e. The van der Waals surface area contributed by atoms with E-state index in [4.69, 9.17) is 0 Å². The highest BCUT2D eigenvalue weighted by Crippen LogP contribution is 2.54. The summed E-state index contributed by atoms with van der Waals surface area (Å²) < 4.78 is 4.92. The molecule has 2 heterocycles. The number of benzene rings is 12. The molecule has 0 aliphatic heterocycles. The maximum absolute atomic E-state index is 4.05. The Kier molecular flexibility index (Phi) is 8.70. The van der Waals surface area contributed by atoms with Gasteiger partial charge in [0.15, 0.2) is 0 Å². The molecule has 72 heavy (non-hydrogen) atoms. The van der Waals surface area contributed by atoms with Crippen molar-refractivity contribution in [3.8, 4) is 67.0 Å². The van der Waals surface area contributed by atoms with Gasteiger partial charge in [0.25, 0.3) is 0 Å². The second kappa shape index (κ2) is 15.5. The van der Waals surface area contributed by atoms with Crippen molar-refractivity contribution in [3.05, 3.63) is 255 Å². The Morgan fingerprint density at radius 1 is 0.306 bits per heavy atom. The van der Waals surface area contributed by atoms with E-state index >= 15 is 0 Å². The van der Waals surface area contributed by atoms with Crippen molar-refractivity contribution in [2.75, 3.05) is 0 Å². The molecule has 334 valence electrons. The van der Waals surface area contributed by atoms with Crippen LogP contribution in [0, 0.1) is 0 Å². The molecule has 0 spiro atoms. The fraction of sp³-hybridized carbons (Fsp3) is 0. The fourth-order valence-electron chi connectivity index (χ4n) is 12.5. The van der Waals surface area contributed by atoms with E-state index in [-0.39, 0.29) is 0 Å². The summed E-state index contributed by atoms with van der Waals surface area (Å²) in [4.78, 5) is 0. The highest BCUT2D eigenvalue weighted by molar-refractivity contribution is 6.27. The van der Waals surface area contributed by atoms with E-state index in [1.54, 1.807) is 0 Å². The Bertz CT molecular complexity index is 4660. The lowest BCUT2D eigenvalue weighted by Crippen LogP contribution is -1.98. The Morgan fingerprint density at radius 2 is 0.875 bits per heavy atom. The van der Waals surface area contributed by atoms with Gasteiger partial charge in [-0.1, -0.05) is 213 Å². The molecule has 0 N–H and O–H groups in total. The summed E-state index contributed by atoms with van der Waals surface area (Å²) >= 11 is 0. The molecule has 2 nitrogen and oxygen atoms in total. The molecular formula is C70H44N2. The van der Waals surface area contributed by atoms with Crippen LogP contribution in [0.25, 0.3) is 155 Å². The largest absolute Gasteiger partial charge is 0.309 e. The highest BCUT2D eigenvalue weighted by atomic mass is 15.0. The summed E-state index contributed by atoms with van der Waals surface area (Å²) in [6, 6.07) is 84.3. The first-order valence-electron chi connectivity index (χ1n) is 24.8. The Hall–Kier alpha value is -9.50. The molecule has 16 rings (SSSR count). The van der Waals surface area contributed by atoms with Gasteiger partial charge in [0.1, 0.15) is 0 Å². The summed E-state index contributed by atoms with van der Waals surface area (Å²) in [6.45, 7) is 8.04. The highest BCUT2D eigenvalue weighted by Gasteiger charge is 2.29. The first-order valence-corrected chi connectivity index (χ1v) is 24.8. The van der Waals surface area contributed by atoms with E-state index in [9.17, 15) is 0 Å². The molecular weight excluding hydrogens is 869 g/mol. The maximum Gasteiger partial charge on any atom is 0.0626 e. The first-order chi connectivity index (χ1) is 35.7. The van der Waals surface area contributed by atoms with E-state index in [0.717, 1.165) is 16.7 Å². The maximum atomic E-state index is 4.05. The summed E-state index contributed by atoms with van der Waals surface area (Å²) in [5.74, 6) is 0. The van der Waals surface area contributed by atoms with Crippen LogP contribution < -0.4 is 0 Å². The van der Waals surface area contributed by atoms with Crippen molar-refractivity contribution in [1.29, 1.82) is 0 Å². The van der Waals surface area contributed by atoms with Crippen molar-refractivity contribution >= 4 is 88.1 Å². The van der Waals surface area contributed by atoms with Gasteiger partial charge in [-0.15, -0.1) is 0 Å². The lowest BCUT2D eigenvalue weighted by atomic mass is 9.97. The fourth-order valence-corrected chi connectivity index (χ4v) is 12.5. The van der Waals surface area contributed by atoms with Crippen LogP contribution in [0.2, 0.25) is 0 Å². The summed E-state index contributed by atoms with van der Waals surface area (Å²) in [7, 11) is 0. The zero-order valence-electron chi connectivity index (χ0n) is 39.4. The molecule has 2 aliphatic carbocycles. The van der Waals surface area contributed by atoms with E-state index in [1.165, 1.54) is 137 Å². The van der Waals surface area contributed by atoms with Gasteiger partial charge in [-0.2, -0.15) is 0 Å². The molecule has 0 radical (unpaired) electrons. The minimum Gasteiger partial charge on any atom is -0.309 e. The number of hydrogen-bond donors (Lipinski definition) is 0. The van der Waals surface area contributed by atoms with Crippen LogP contribution in [0.5, 0.6) is 0 Å². The van der Waals surface area contributed by atoms with Crippen LogP contribution in [0.15, 0.2) is 244 Å². The third-order valence-electron chi connectivity index (χ3n) is 15.6. The zero-order valence-corrected chi connectivity index (χ0v) is 39.4. The second-order valence-corrected chi connectivity index (χ2v) is 19.2. The third kappa shape index (κ3) is 5.66. The van der Waals surface area contributed by atoms with Crippen molar-refractivity contribution in [3.63, 3.8) is 0 Å². The van der Waals surface area contributed by atoms with Crippen LogP contribution in [0.3, 0.4) is 0 Å². The molecule has 2 heteroatoms. The van der Waals surface area contributed by atoms with Gasteiger partial charge in [-0.25, -0.2) is 0 Å². The third-order valence-corrected chi connectivity index (χ3v) is 15.6. The Balaban J connectivity index is 0.000000130. The van der Waals surface area contributed by atoms with Gasteiger partial charge in [0.2, 0.25) is 0 Å². The predicted octanol–water partition coefficient (Wildman–Crippen LogP) is 19.3. The molecule has 2 aliphatic rings. The van der Waals surface area contributed by atoms with E-state index < -0.39 is 0 Å². The standard InChI is InChI=1S/C38H25N.C32H19N/c1-3-24-19-20-27(23-25(24)4-2)28-13-5-7-17-34(28)39-35-18-8-6-14-29(35)32-22-21-31-30-15-9-11-26-12-10-16-33(36(26)30)37(31)38(32)39;1-2-8-22-19-23(16-15-20(22)7-1)33-28-14-4-3-11-26(28)32-29(33)18-17-25-24-12-5-9-21-10-6-13-27(30(21)24)31(25)32/h3-23H,1-2H2;1-19H. The van der Waals surface area contributed by atoms with Crippen LogP contribution in [-0.4, -0.2) is 9.13 Å².